The van der Waals surface area contributed by atoms with Gasteiger partial charge in [-0.25, -0.2) is 15.0 Å². The van der Waals surface area contributed by atoms with Gasteiger partial charge in [-0.1, -0.05) is 0 Å². The Morgan fingerprint density at radius 1 is 1.19 bits per heavy atom. The zero-order chi connectivity index (χ0) is 19.3. The summed E-state index contributed by atoms with van der Waals surface area (Å²) in [6.45, 7) is 7.59. The first-order valence-corrected chi connectivity index (χ1v) is 8.81. The molecule has 4 rings (SSSR count). The Bertz CT molecular complexity index is 993. The summed E-state index contributed by atoms with van der Waals surface area (Å²) in [5, 5.41) is 0. The molecule has 27 heavy (non-hydrogen) atoms. The zero-order valence-corrected chi connectivity index (χ0v) is 15.3. The number of anilines is 1. The van der Waals surface area contributed by atoms with Crippen LogP contribution >= 0.6 is 0 Å². The van der Waals surface area contributed by atoms with E-state index in [9.17, 15) is 13.2 Å². The number of fused-ring (bicyclic) bond motifs is 1. The largest absolute Gasteiger partial charge is 0.420 e. The Hall–Kier alpha value is -2.44. The molecule has 1 aliphatic heterocycles. The van der Waals surface area contributed by atoms with Gasteiger partial charge in [0.05, 0.1) is 35.2 Å². The summed E-state index contributed by atoms with van der Waals surface area (Å²) in [4.78, 5) is 15.9. The third-order valence-corrected chi connectivity index (χ3v) is 4.90. The van der Waals surface area contributed by atoms with E-state index in [1.165, 1.54) is 0 Å². The van der Waals surface area contributed by atoms with Crippen LogP contribution in [0.2, 0.25) is 0 Å². The van der Waals surface area contributed by atoms with Gasteiger partial charge in [0.25, 0.3) is 0 Å². The lowest BCUT2D eigenvalue weighted by Crippen LogP contribution is -2.41. The fraction of sp³-hybridized carbons (Fsp3) is 0.474. The Labute approximate surface area is 154 Å². The lowest BCUT2D eigenvalue weighted by atomic mass is 9.93. The van der Waals surface area contributed by atoms with Gasteiger partial charge in [-0.2, -0.15) is 13.2 Å². The number of pyridine rings is 1. The van der Waals surface area contributed by atoms with E-state index in [0.29, 0.717) is 47.8 Å². The first-order valence-electron chi connectivity index (χ1n) is 8.81. The number of morpholine rings is 1. The van der Waals surface area contributed by atoms with Crippen molar-refractivity contribution in [3.05, 3.63) is 34.5 Å². The van der Waals surface area contributed by atoms with Gasteiger partial charge >= 0.3 is 6.18 Å². The molecule has 1 atom stereocenters. The standard InChI is InChI=1S/C19H19F3N4O/c1-10-9-26(4-5-27-10)16-8-15-18(24-12(3)11(2)23-15)17(25-16)13-6-14(7-13)19(20,21)22/h8,10H,4-6,9H2,1-3H3/t10-/m1/s1. The lowest BCUT2D eigenvalue weighted by Gasteiger charge is -2.32. The van der Waals surface area contributed by atoms with Crippen molar-refractivity contribution in [3.8, 4) is 0 Å². The van der Waals surface area contributed by atoms with E-state index in [1.54, 1.807) is 0 Å². The fourth-order valence-electron chi connectivity index (χ4n) is 3.27. The molecule has 0 bridgehead atoms. The number of aryl methyl sites for hydroxylation is 2. The molecule has 5 nitrogen and oxygen atoms in total. The predicted octanol–water partition coefficient (Wildman–Crippen LogP) is 3.74. The number of rotatable bonds is 2. The molecule has 3 heterocycles. The van der Waals surface area contributed by atoms with Gasteiger partial charge in [-0.05, 0) is 20.8 Å². The van der Waals surface area contributed by atoms with Crippen LogP contribution in [0.3, 0.4) is 0 Å². The number of aromatic nitrogens is 3. The predicted molar refractivity (Wildman–Crippen MR) is 95.5 cm³/mol. The van der Waals surface area contributed by atoms with Crippen LogP contribution in [0.4, 0.5) is 19.0 Å². The van der Waals surface area contributed by atoms with E-state index in [1.807, 2.05) is 26.8 Å². The molecule has 0 unspecified atom stereocenters. The summed E-state index contributed by atoms with van der Waals surface area (Å²) in [6.07, 6.45) is -4.50. The summed E-state index contributed by atoms with van der Waals surface area (Å²) in [6, 6.07) is 1.85. The molecular weight excluding hydrogens is 357 g/mol. The minimum absolute atomic E-state index is 0.0604. The average Bonchev–Trinajstić information content (AvgIpc) is 2.53. The van der Waals surface area contributed by atoms with Crippen LogP contribution in [0.25, 0.3) is 16.6 Å². The van der Waals surface area contributed by atoms with Crippen molar-refractivity contribution in [2.75, 3.05) is 24.6 Å². The van der Waals surface area contributed by atoms with Crippen LogP contribution in [-0.2, 0) is 4.74 Å². The molecule has 0 aromatic carbocycles. The van der Waals surface area contributed by atoms with E-state index >= 15 is 0 Å². The van der Waals surface area contributed by atoms with E-state index in [4.69, 9.17) is 4.74 Å². The van der Waals surface area contributed by atoms with Gasteiger partial charge in [0, 0.05) is 31.1 Å². The maximum Gasteiger partial charge on any atom is 0.420 e. The molecular formula is C19H19F3N4O. The number of ether oxygens (including phenoxy) is 1. The average molecular weight is 376 g/mol. The SMILES string of the molecule is Cc1nc2cc(N3CCO[C@H](C)C3)nc(C3=C=C(C(F)(F)F)C3)c2nc1C. The molecule has 1 aliphatic carbocycles. The molecule has 142 valence electrons. The van der Waals surface area contributed by atoms with Crippen LogP contribution in [0.5, 0.6) is 0 Å². The molecule has 2 aromatic heterocycles. The van der Waals surface area contributed by atoms with Crippen molar-refractivity contribution < 1.29 is 17.9 Å². The summed E-state index contributed by atoms with van der Waals surface area (Å²) in [7, 11) is 0. The molecule has 0 amide bonds. The number of halogens is 3. The quantitative estimate of drug-likeness (QED) is 0.748. The van der Waals surface area contributed by atoms with E-state index < -0.39 is 11.7 Å². The summed E-state index contributed by atoms with van der Waals surface area (Å²) in [5.74, 6) is 0.681. The third-order valence-electron chi connectivity index (χ3n) is 4.90. The van der Waals surface area contributed by atoms with Crippen molar-refractivity contribution in [1.29, 1.82) is 0 Å². The van der Waals surface area contributed by atoms with Gasteiger partial charge in [0.15, 0.2) is 0 Å². The highest BCUT2D eigenvalue weighted by Gasteiger charge is 2.38. The lowest BCUT2D eigenvalue weighted by molar-refractivity contribution is -0.0934. The first-order chi connectivity index (χ1) is 12.7. The Morgan fingerprint density at radius 2 is 1.89 bits per heavy atom. The van der Waals surface area contributed by atoms with Crippen LogP contribution in [0.1, 0.15) is 30.4 Å². The molecule has 2 aliphatic rings. The number of allylic oxidation sites excluding steroid dienone is 1. The molecule has 0 radical (unpaired) electrons. The number of hydrogen-bond donors (Lipinski definition) is 0. The Balaban J connectivity index is 1.88. The van der Waals surface area contributed by atoms with E-state index in [-0.39, 0.29) is 12.5 Å². The second kappa shape index (κ2) is 6.32. The number of hydrogen-bond acceptors (Lipinski definition) is 5. The summed E-state index contributed by atoms with van der Waals surface area (Å²) in [5.41, 5.74) is 5.31. The van der Waals surface area contributed by atoms with Crippen molar-refractivity contribution in [2.24, 2.45) is 0 Å². The summed E-state index contributed by atoms with van der Waals surface area (Å²) >= 11 is 0. The van der Waals surface area contributed by atoms with Gasteiger partial charge in [-0.3, -0.25) is 0 Å². The normalized spacial score (nSPS) is 20.4. The van der Waals surface area contributed by atoms with Gasteiger partial charge in [0.2, 0.25) is 0 Å². The fourth-order valence-corrected chi connectivity index (χ4v) is 3.27. The minimum Gasteiger partial charge on any atom is -0.375 e. The highest BCUT2D eigenvalue weighted by molar-refractivity contribution is 5.91. The molecule has 0 spiro atoms. The van der Waals surface area contributed by atoms with Gasteiger partial charge in [-0.15, -0.1) is 5.73 Å². The maximum atomic E-state index is 12.9. The molecule has 0 N–H and O–H groups in total. The van der Waals surface area contributed by atoms with Crippen molar-refractivity contribution >= 4 is 22.4 Å². The van der Waals surface area contributed by atoms with Gasteiger partial charge < -0.3 is 9.64 Å². The van der Waals surface area contributed by atoms with E-state index in [0.717, 1.165) is 11.4 Å². The number of nitrogens with zero attached hydrogens (tertiary/aromatic N) is 4. The Kier molecular flexibility index (Phi) is 4.20. The molecule has 1 saturated heterocycles. The molecule has 2 aromatic rings. The van der Waals surface area contributed by atoms with Crippen LogP contribution in [-0.4, -0.2) is 46.9 Å². The van der Waals surface area contributed by atoms with Crippen LogP contribution in [0.15, 0.2) is 17.4 Å². The molecule has 1 fully saturated rings. The van der Waals surface area contributed by atoms with Gasteiger partial charge in [0.1, 0.15) is 17.0 Å². The minimum atomic E-state index is -4.35. The molecule has 8 heteroatoms. The van der Waals surface area contributed by atoms with Crippen molar-refractivity contribution in [3.63, 3.8) is 0 Å². The zero-order valence-electron chi connectivity index (χ0n) is 15.3. The topological polar surface area (TPSA) is 51.1 Å². The number of alkyl halides is 3. The monoisotopic (exact) mass is 376 g/mol. The highest BCUT2D eigenvalue weighted by Crippen LogP contribution is 2.40. The summed E-state index contributed by atoms with van der Waals surface area (Å²) < 4.78 is 44.1. The highest BCUT2D eigenvalue weighted by atomic mass is 19.4. The van der Waals surface area contributed by atoms with Crippen molar-refractivity contribution in [2.45, 2.75) is 39.5 Å². The van der Waals surface area contributed by atoms with E-state index in [2.05, 4.69) is 25.6 Å². The second-order valence-electron chi connectivity index (χ2n) is 6.98. The maximum absolute atomic E-state index is 12.9. The Morgan fingerprint density at radius 3 is 2.56 bits per heavy atom. The first kappa shape index (κ1) is 17.9. The molecule has 0 saturated carbocycles. The van der Waals surface area contributed by atoms with Crippen LogP contribution < -0.4 is 4.90 Å². The second-order valence-corrected chi connectivity index (χ2v) is 6.98. The smallest absolute Gasteiger partial charge is 0.375 e. The third kappa shape index (κ3) is 3.31. The van der Waals surface area contributed by atoms with Crippen LogP contribution in [0, 0.1) is 13.8 Å². The van der Waals surface area contributed by atoms with Crippen molar-refractivity contribution in [1.82, 2.24) is 15.0 Å².